The molecule has 0 aliphatic rings. The SMILES string of the molecule is C/C(=N\NC(=O)c1nn(C)c(C)c1Br)c1ccc(NC(=O)COc2ccc(Cl)cc2C)cc1. The molecule has 0 fully saturated rings. The molecule has 172 valence electrons. The van der Waals surface area contributed by atoms with Gasteiger partial charge in [-0.2, -0.15) is 10.2 Å². The highest BCUT2D eigenvalue weighted by Crippen LogP contribution is 2.22. The van der Waals surface area contributed by atoms with Crippen molar-refractivity contribution < 1.29 is 14.3 Å². The molecule has 2 amide bonds. The molecule has 1 aromatic heterocycles. The van der Waals surface area contributed by atoms with E-state index in [4.69, 9.17) is 16.3 Å². The molecule has 8 nitrogen and oxygen atoms in total. The number of hydrogen-bond acceptors (Lipinski definition) is 5. The number of rotatable bonds is 7. The summed E-state index contributed by atoms with van der Waals surface area (Å²) in [4.78, 5) is 24.6. The topological polar surface area (TPSA) is 97.6 Å². The minimum absolute atomic E-state index is 0.126. The van der Waals surface area contributed by atoms with Crippen LogP contribution in [-0.2, 0) is 11.8 Å². The molecule has 0 spiro atoms. The molecule has 0 atom stereocenters. The molecule has 10 heteroatoms. The lowest BCUT2D eigenvalue weighted by atomic mass is 10.1. The maximum absolute atomic E-state index is 12.4. The van der Waals surface area contributed by atoms with Gasteiger partial charge in [-0.15, -0.1) is 0 Å². The van der Waals surface area contributed by atoms with Gasteiger partial charge in [-0.25, -0.2) is 5.43 Å². The Morgan fingerprint density at radius 2 is 1.88 bits per heavy atom. The molecular formula is C23H23BrClN5O3. The molecule has 0 radical (unpaired) electrons. The first kappa shape index (κ1) is 24.5. The van der Waals surface area contributed by atoms with E-state index >= 15 is 0 Å². The zero-order valence-electron chi connectivity index (χ0n) is 18.6. The smallest absolute Gasteiger partial charge is 0.293 e. The summed E-state index contributed by atoms with van der Waals surface area (Å²) in [6.45, 7) is 5.36. The molecule has 0 aliphatic carbocycles. The van der Waals surface area contributed by atoms with Crippen LogP contribution in [0.25, 0.3) is 0 Å². The van der Waals surface area contributed by atoms with Crippen molar-refractivity contribution in [3.05, 3.63) is 74.5 Å². The quantitative estimate of drug-likeness (QED) is 0.343. The first-order chi connectivity index (χ1) is 15.7. The average molecular weight is 533 g/mol. The fourth-order valence-corrected chi connectivity index (χ4v) is 3.63. The minimum atomic E-state index is -0.412. The van der Waals surface area contributed by atoms with Crippen LogP contribution in [0.1, 0.15) is 34.2 Å². The van der Waals surface area contributed by atoms with E-state index < -0.39 is 5.91 Å². The molecule has 1 heterocycles. The van der Waals surface area contributed by atoms with E-state index in [1.54, 1.807) is 61.1 Å². The molecule has 3 aromatic rings. The monoisotopic (exact) mass is 531 g/mol. The number of hydrogen-bond donors (Lipinski definition) is 2. The lowest BCUT2D eigenvalue weighted by Gasteiger charge is -2.10. The second-order valence-corrected chi connectivity index (χ2v) is 8.56. The number of nitrogens with one attached hydrogen (secondary N) is 2. The fourth-order valence-electron chi connectivity index (χ4n) is 2.89. The molecule has 2 N–H and O–H groups in total. The Kier molecular flexibility index (Phi) is 7.88. The number of nitrogens with zero attached hydrogens (tertiary/aromatic N) is 3. The van der Waals surface area contributed by atoms with Crippen molar-refractivity contribution in [1.82, 2.24) is 15.2 Å². The summed E-state index contributed by atoms with van der Waals surface area (Å²) in [6, 6.07) is 12.3. The van der Waals surface area contributed by atoms with Gasteiger partial charge in [-0.05, 0) is 78.2 Å². The first-order valence-electron chi connectivity index (χ1n) is 9.98. The summed E-state index contributed by atoms with van der Waals surface area (Å²) in [5.41, 5.74) is 6.48. The van der Waals surface area contributed by atoms with Gasteiger partial charge in [0.2, 0.25) is 0 Å². The van der Waals surface area contributed by atoms with Gasteiger partial charge in [0.1, 0.15) is 5.75 Å². The number of hydrazone groups is 1. The van der Waals surface area contributed by atoms with Gasteiger partial charge in [0, 0.05) is 17.8 Å². The minimum Gasteiger partial charge on any atom is -0.483 e. The van der Waals surface area contributed by atoms with Crippen molar-refractivity contribution in [2.24, 2.45) is 12.1 Å². The van der Waals surface area contributed by atoms with Crippen LogP contribution in [-0.4, -0.2) is 33.9 Å². The van der Waals surface area contributed by atoms with Crippen LogP contribution >= 0.6 is 27.5 Å². The highest BCUT2D eigenvalue weighted by molar-refractivity contribution is 9.10. The molecule has 0 unspecified atom stereocenters. The summed E-state index contributed by atoms with van der Waals surface area (Å²) in [6.07, 6.45) is 0. The van der Waals surface area contributed by atoms with Crippen LogP contribution in [0.2, 0.25) is 5.02 Å². The Bertz CT molecular complexity index is 1220. The van der Waals surface area contributed by atoms with Gasteiger partial charge < -0.3 is 10.1 Å². The summed E-state index contributed by atoms with van der Waals surface area (Å²) in [7, 11) is 1.76. The predicted molar refractivity (Wildman–Crippen MR) is 132 cm³/mol. The predicted octanol–water partition coefficient (Wildman–Crippen LogP) is 4.62. The van der Waals surface area contributed by atoms with Crippen molar-refractivity contribution in [2.75, 3.05) is 11.9 Å². The molecule has 0 aliphatic heterocycles. The summed E-state index contributed by atoms with van der Waals surface area (Å²) < 4.78 is 7.80. The maximum Gasteiger partial charge on any atom is 0.293 e. The number of ether oxygens (including phenoxy) is 1. The first-order valence-corrected chi connectivity index (χ1v) is 11.2. The molecule has 0 bridgehead atoms. The van der Waals surface area contributed by atoms with Gasteiger partial charge in [-0.1, -0.05) is 23.7 Å². The Balaban J connectivity index is 1.55. The number of halogens is 2. The number of benzene rings is 2. The third-order valence-corrected chi connectivity index (χ3v) is 6.07. The third kappa shape index (κ3) is 6.21. The van der Waals surface area contributed by atoms with Crippen LogP contribution in [0.5, 0.6) is 5.75 Å². The summed E-state index contributed by atoms with van der Waals surface area (Å²) in [5, 5.41) is 11.7. The second kappa shape index (κ2) is 10.6. The molecular weight excluding hydrogens is 510 g/mol. The van der Waals surface area contributed by atoms with Crippen LogP contribution in [0.15, 0.2) is 52.0 Å². The Morgan fingerprint density at radius 1 is 1.18 bits per heavy atom. The van der Waals surface area contributed by atoms with E-state index in [9.17, 15) is 9.59 Å². The summed E-state index contributed by atoms with van der Waals surface area (Å²) >= 11 is 9.30. The number of amides is 2. The number of aryl methyl sites for hydroxylation is 2. The Hall–Kier alpha value is -3.17. The van der Waals surface area contributed by atoms with E-state index in [2.05, 4.69) is 36.9 Å². The van der Waals surface area contributed by atoms with Crippen molar-refractivity contribution in [2.45, 2.75) is 20.8 Å². The molecule has 0 saturated carbocycles. The molecule has 2 aromatic carbocycles. The van der Waals surface area contributed by atoms with Crippen LogP contribution in [0, 0.1) is 13.8 Å². The standard InChI is InChI=1S/C23H23BrClN5O3/c1-13-11-17(25)7-10-19(13)33-12-20(31)26-18-8-5-16(6-9-18)14(2)27-28-23(32)22-21(24)15(3)30(4)29-22/h5-11H,12H2,1-4H3,(H,26,31)(H,28,32)/b27-14+. The van der Waals surface area contributed by atoms with Crippen molar-refractivity contribution in [3.8, 4) is 5.75 Å². The number of aromatic nitrogens is 2. The largest absolute Gasteiger partial charge is 0.483 e. The van der Waals surface area contributed by atoms with Crippen molar-refractivity contribution >= 4 is 50.7 Å². The number of carbonyl (C=O) groups excluding carboxylic acids is 2. The second-order valence-electron chi connectivity index (χ2n) is 7.33. The average Bonchev–Trinajstić information content (AvgIpc) is 3.04. The van der Waals surface area contributed by atoms with E-state index in [0.29, 0.717) is 26.6 Å². The van der Waals surface area contributed by atoms with E-state index in [-0.39, 0.29) is 18.2 Å². The van der Waals surface area contributed by atoms with Crippen molar-refractivity contribution in [3.63, 3.8) is 0 Å². The van der Waals surface area contributed by atoms with Gasteiger partial charge >= 0.3 is 0 Å². The van der Waals surface area contributed by atoms with E-state index in [1.165, 1.54) is 0 Å². The number of carbonyl (C=O) groups is 2. The van der Waals surface area contributed by atoms with E-state index in [1.807, 2.05) is 13.8 Å². The van der Waals surface area contributed by atoms with Crippen LogP contribution in [0.3, 0.4) is 0 Å². The lowest BCUT2D eigenvalue weighted by Crippen LogP contribution is -2.21. The highest BCUT2D eigenvalue weighted by Gasteiger charge is 2.17. The van der Waals surface area contributed by atoms with Gasteiger partial charge in [0.15, 0.2) is 12.3 Å². The maximum atomic E-state index is 12.4. The zero-order chi connectivity index (χ0) is 24.1. The normalized spacial score (nSPS) is 11.3. The fraction of sp³-hybridized carbons (Fsp3) is 0.217. The third-order valence-electron chi connectivity index (χ3n) is 4.88. The van der Waals surface area contributed by atoms with Gasteiger partial charge in [-0.3, -0.25) is 14.3 Å². The Morgan fingerprint density at radius 3 is 2.48 bits per heavy atom. The van der Waals surface area contributed by atoms with Gasteiger partial charge in [0.05, 0.1) is 15.9 Å². The zero-order valence-corrected chi connectivity index (χ0v) is 20.9. The molecule has 0 saturated heterocycles. The van der Waals surface area contributed by atoms with Crippen LogP contribution < -0.4 is 15.5 Å². The summed E-state index contributed by atoms with van der Waals surface area (Å²) in [5.74, 6) is -0.0950. The van der Waals surface area contributed by atoms with Crippen LogP contribution in [0.4, 0.5) is 5.69 Å². The molecule has 33 heavy (non-hydrogen) atoms. The Labute approximate surface area is 205 Å². The lowest BCUT2D eigenvalue weighted by molar-refractivity contribution is -0.118. The number of anilines is 1. The highest BCUT2D eigenvalue weighted by atomic mass is 79.9. The molecule has 3 rings (SSSR count). The van der Waals surface area contributed by atoms with Gasteiger partial charge in [0.25, 0.3) is 11.8 Å². The van der Waals surface area contributed by atoms with Crippen molar-refractivity contribution in [1.29, 1.82) is 0 Å². The van der Waals surface area contributed by atoms with E-state index in [0.717, 1.165) is 16.8 Å².